The Labute approximate surface area is 182 Å². The van der Waals surface area contributed by atoms with Gasteiger partial charge in [0.1, 0.15) is 11.8 Å². The van der Waals surface area contributed by atoms with Gasteiger partial charge in [0.25, 0.3) is 0 Å². The number of benzene rings is 2. The molecule has 2 aromatic rings. The Morgan fingerprint density at radius 3 is 2.52 bits per heavy atom. The zero-order valence-electron chi connectivity index (χ0n) is 17.9. The largest absolute Gasteiger partial charge is 0.493 e. The van der Waals surface area contributed by atoms with E-state index in [1.54, 1.807) is 0 Å². The summed E-state index contributed by atoms with van der Waals surface area (Å²) in [5.74, 6) is -2.02. The van der Waals surface area contributed by atoms with Crippen molar-refractivity contribution in [2.24, 2.45) is 0 Å². The summed E-state index contributed by atoms with van der Waals surface area (Å²) in [6.07, 6.45) is 3.10. The van der Waals surface area contributed by atoms with E-state index >= 15 is 0 Å². The minimum atomic E-state index is -3.91. The molecule has 0 saturated heterocycles. The maximum Gasteiger partial charge on any atom is 0.243 e. The summed E-state index contributed by atoms with van der Waals surface area (Å²) < 4.78 is 57.8. The topological polar surface area (TPSA) is 75.7 Å². The molecule has 0 aromatic heterocycles. The van der Waals surface area contributed by atoms with E-state index in [9.17, 15) is 22.0 Å². The number of para-hydroxylation sites is 1. The van der Waals surface area contributed by atoms with Crippen LogP contribution in [-0.4, -0.2) is 39.8 Å². The molecule has 0 unspecified atom stereocenters. The van der Waals surface area contributed by atoms with E-state index in [0.717, 1.165) is 46.5 Å². The molecule has 6 nitrogen and oxygen atoms in total. The Morgan fingerprint density at radius 1 is 1.16 bits per heavy atom. The van der Waals surface area contributed by atoms with Crippen molar-refractivity contribution in [1.82, 2.24) is 5.32 Å². The number of nitrogens with one attached hydrogen (secondary N) is 1. The number of carbonyl (C=O) groups excluding carboxylic acids is 1. The minimum absolute atomic E-state index is 0.119. The molecule has 31 heavy (non-hydrogen) atoms. The van der Waals surface area contributed by atoms with Crippen LogP contribution in [0.4, 0.5) is 14.5 Å². The summed E-state index contributed by atoms with van der Waals surface area (Å²) >= 11 is 0. The zero-order valence-corrected chi connectivity index (χ0v) is 18.7. The van der Waals surface area contributed by atoms with Crippen molar-refractivity contribution in [3.63, 3.8) is 0 Å². The third kappa shape index (κ3) is 6.92. The molecule has 0 aliphatic rings. The number of hydrogen-bond donors (Lipinski definition) is 1. The second-order valence-electron chi connectivity index (χ2n) is 7.18. The molecule has 1 atom stereocenters. The van der Waals surface area contributed by atoms with Gasteiger partial charge >= 0.3 is 0 Å². The monoisotopic (exact) mass is 454 g/mol. The van der Waals surface area contributed by atoms with Gasteiger partial charge in [-0.25, -0.2) is 17.2 Å². The Balaban J connectivity index is 2.00. The first-order chi connectivity index (χ1) is 14.6. The first-order valence-corrected chi connectivity index (χ1v) is 11.9. The highest BCUT2D eigenvalue weighted by Gasteiger charge is 2.29. The SMILES string of the molecule is CCCOc1ccccc1CCCNC(=O)[C@@H](C)N(c1ccc(F)c(F)c1)S(C)(=O)=O. The van der Waals surface area contributed by atoms with Crippen LogP contribution in [0.25, 0.3) is 0 Å². The quantitative estimate of drug-likeness (QED) is 0.526. The van der Waals surface area contributed by atoms with E-state index in [0.29, 0.717) is 26.0 Å². The molecule has 0 fully saturated rings. The van der Waals surface area contributed by atoms with Gasteiger partial charge < -0.3 is 10.1 Å². The number of carbonyl (C=O) groups is 1. The van der Waals surface area contributed by atoms with Crippen molar-refractivity contribution >= 4 is 21.6 Å². The van der Waals surface area contributed by atoms with Crippen LogP contribution in [0, 0.1) is 11.6 Å². The minimum Gasteiger partial charge on any atom is -0.493 e. The molecule has 0 aliphatic carbocycles. The summed E-state index contributed by atoms with van der Waals surface area (Å²) in [6.45, 7) is 4.36. The molecule has 1 amide bonds. The third-order valence-corrected chi connectivity index (χ3v) is 5.84. The molecule has 9 heteroatoms. The number of nitrogens with zero attached hydrogens (tertiary/aromatic N) is 1. The fourth-order valence-corrected chi connectivity index (χ4v) is 4.30. The molecule has 0 spiro atoms. The lowest BCUT2D eigenvalue weighted by Crippen LogP contribution is -2.48. The third-order valence-electron chi connectivity index (χ3n) is 4.60. The molecule has 0 radical (unpaired) electrons. The molecule has 0 bridgehead atoms. The number of hydrogen-bond acceptors (Lipinski definition) is 4. The van der Waals surface area contributed by atoms with Gasteiger partial charge in [-0.2, -0.15) is 0 Å². The fourth-order valence-electron chi connectivity index (χ4n) is 3.13. The Kier molecular flexibility index (Phi) is 8.79. The first kappa shape index (κ1) is 24.6. The molecular formula is C22H28F2N2O4S. The van der Waals surface area contributed by atoms with Crippen molar-refractivity contribution in [2.75, 3.05) is 23.7 Å². The highest BCUT2D eigenvalue weighted by Crippen LogP contribution is 2.23. The van der Waals surface area contributed by atoms with E-state index in [-0.39, 0.29) is 5.69 Å². The van der Waals surface area contributed by atoms with Gasteiger partial charge in [0.05, 0.1) is 18.6 Å². The Hall–Kier alpha value is -2.68. The maximum atomic E-state index is 13.6. The van der Waals surface area contributed by atoms with E-state index in [2.05, 4.69) is 5.32 Å². The molecule has 0 aliphatic heterocycles. The predicted octanol–water partition coefficient (Wildman–Crippen LogP) is 3.66. The number of amides is 1. The number of ether oxygens (including phenoxy) is 1. The van der Waals surface area contributed by atoms with Crippen molar-refractivity contribution in [3.8, 4) is 5.75 Å². The van der Waals surface area contributed by atoms with Crippen LogP contribution in [0.5, 0.6) is 5.75 Å². The molecule has 170 valence electrons. The average molecular weight is 455 g/mol. The van der Waals surface area contributed by atoms with Crippen LogP contribution in [-0.2, 0) is 21.2 Å². The lowest BCUT2D eigenvalue weighted by atomic mass is 10.1. The van der Waals surface area contributed by atoms with Crippen molar-refractivity contribution in [2.45, 2.75) is 39.2 Å². The van der Waals surface area contributed by atoms with Gasteiger partial charge in [-0.15, -0.1) is 0 Å². The number of sulfonamides is 1. The number of halogens is 2. The van der Waals surface area contributed by atoms with E-state index < -0.39 is 33.6 Å². The van der Waals surface area contributed by atoms with Crippen LogP contribution in [0.15, 0.2) is 42.5 Å². The van der Waals surface area contributed by atoms with Gasteiger partial charge in [0.15, 0.2) is 11.6 Å². The van der Waals surface area contributed by atoms with Crippen LogP contribution >= 0.6 is 0 Å². The molecular weight excluding hydrogens is 426 g/mol. The van der Waals surface area contributed by atoms with Crippen LogP contribution in [0.3, 0.4) is 0 Å². The summed E-state index contributed by atoms with van der Waals surface area (Å²) in [6, 6.07) is 9.24. The molecule has 0 heterocycles. The fraction of sp³-hybridized carbons (Fsp3) is 0.409. The van der Waals surface area contributed by atoms with Gasteiger partial charge in [0.2, 0.25) is 15.9 Å². The van der Waals surface area contributed by atoms with Crippen molar-refractivity contribution in [1.29, 1.82) is 0 Å². The summed E-state index contributed by atoms with van der Waals surface area (Å²) in [5.41, 5.74) is 0.906. The maximum absolute atomic E-state index is 13.6. The van der Waals surface area contributed by atoms with Gasteiger partial charge in [-0.05, 0) is 49.9 Å². The molecule has 1 N–H and O–H groups in total. The Morgan fingerprint density at radius 2 is 1.87 bits per heavy atom. The Bertz CT molecular complexity index is 999. The van der Waals surface area contributed by atoms with Gasteiger partial charge in [-0.1, -0.05) is 25.1 Å². The van der Waals surface area contributed by atoms with E-state index in [1.807, 2.05) is 31.2 Å². The molecule has 0 saturated carbocycles. The van der Waals surface area contributed by atoms with Crippen molar-refractivity contribution < 1.29 is 26.7 Å². The lowest BCUT2D eigenvalue weighted by Gasteiger charge is -2.28. The normalized spacial score (nSPS) is 12.3. The lowest BCUT2D eigenvalue weighted by molar-refractivity contribution is -0.121. The second-order valence-corrected chi connectivity index (χ2v) is 9.04. The van der Waals surface area contributed by atoms with E-state index in [4.69, 9.17) is 4.74 Å². The standard InChI is InChI=1S/C22H28F2N2O4S/c1-4-14-30-21-10-6-5-8-17(21)9-7-13-25-22(27)16(2)26(31(3,28)29)18-11-12-19(23)20(24)15-18/h5-6,8,10-12,15-16H,4,7,9,13-14H2,1-3H3,(H,25,27)/t16-/m1/s1. The number of rotatable bonds is 11. The van der Waals surface area contributed by atoms with E-state index in [1.165, 1.54) is 6.92 Å². The molecule has 2 aromatic carbocycles. The zero-order chi connectivity index (χ0) is 23.0. The second kappa shape index (κ2) is 11.1. The van der Waals surface area contributed by atoms with Crippen LogP contribution in [0.2, 0.25) is 0 Å². The van der Waals surface area contributed by atoms with Gasteiger partial charge in [0, 0.05) is 12.6 Å². The first-order valence-electron chi connectivity index (χ1n) is 10.1. The summed E-state index contributed by atoms with van der Waals surface area (Å²) in [5, 5.41) is 2.71. The smallest absolute Gasteiger partial charge is 0.243 e. The van der Waals surface area contributed by atoms with Crippen LogP contribution in [0.1, 0.15) is 32.3 Å². The highest BCUT2D eigenvalue weighted by molar-refractivity contribution is 7.92. The van der Waals surface area contributed by atoms with Crippen molar-refractivity contribution in [3.05, 3.63) is 59.7 Å². The highest BCUT2D eigenvalue weighted by atomic mass is 32.2. The number of anilines is 1. The van der Waals surface area contributed by atoms with Gasteiger partial charge in [-0.3, -0.25) is 9.10 Å². The molecule has 2 rings (SSSR count). The summed E-state index contributed by atoms with van der Waals surface area (Å²) in [4.78, 5) is 12.6. The summed E-state index contributed by atoms with van der Waals surface area (Å²) in [7, 11) is -3.91. The predicted molar refractivity (Wildman–Crippen MR) is 117 cm³/mol. The number of aryl methyl sites for hydroxylation is 1. The van der Waals surface area contributed by atoms with Crippen LogP contribution < -0.4 is 14.4 Å². The average Bonchev–Trinajstić information content (AvgIpc) is 2.71.